The Morgan fingerprint density at radius 1 is 0.645 bits per heavy atom. The van der Waals surface area contributed by atoms with E-state index in [1.54, 1.807) is 0 Å². The molecule has 2 aromatic rings. The smallest absolute Gasteiger partial charge is 0.119 e. The molecule has 0 fully saturated rings. The Balaban J connectivity index is 1.67. The Morgan fingerprint density at radius 2 is 1.19 bits per heavy atom. The van der Waals surface area contributed by atoms with Gasteiger partial charge in [-0.05, 0) is 55.0 Å². The lowest BCUT2D eigenvalue weighted by atomic mass is 10.0. The van der Waals surface area contributed by atoms with Gasteiger partial charge >= 0.3 is 0 Å². The van der Waals surface area contributed by atoms with Crippen molar-refractivity contribution in [3.05, 3.63) is 54.1 Å². The number of ether oxygens (including phenoxy) is 2. The summed E-state index contributed by atoms with van der Waals surface area (Å²) in [6.07, 6.45) is 14.3. The zero-order valence-corrected chi connectivity index (χ0v) is 20.2. The van der Waals surface area contributed by atoms with Crippen LogP contribution < -0.4 is 4.74 Å². The van der Waals surface area contributed by atoms with E-state index >= 15 is 0 Å². The van der Waals surface area contributed by atoms with Gasteiger partial charge in [-0.2, -0.15) is 0 Å². The van der Waals surface area contributed by atoms with Gasteiger partial charge in [0.15, 0.2) is 0 Å². The van der Waals surface area contributed by atoms with Crippen molar-refractivity contribution in [2.45, 2.75) is 97.5 Å². The number of benzene rings is 2. The molecule has 1 unspecified atom stereocenters. The fourth-order valence-corrected chi connectivity index (χ4v) is 3.79. The molecule has 1 atom stereocenters. The van der Waals surface area contributed by atoms with E-state index in [1.165, 1.54) is 80.9 Å². The first-order chi connectivity index (χ1) is 15.2. The van der Waals surface area contributed by atoms with Crippen molar-refractivity contribution in [1.29, 1.82) is 0 Å². The molecule has 0 radical (unpaired) electrons. The molecule has 0 aromatic heterocycles. The van der Waals surface area contributed by atoms with Gasteiger partial charge in [-0.1, -0.05) is 102 Å². The summed E-state index contributed by atoms with van der Waals surface area (Å²) in [6.45, 7) is 8.05. The number of aryl methyl sites for hydroxylation is 1. The monoisotopic (exact) mass is 424 g/mol. The second-order valence-electron chi connectivity index (χ2n) is 8.79. The number of unbranched alkanes of at least 4 members (excludes halogenated alkanes) is 8. The topological polar surface area (TPSA) is 18.5 Å². The van der Waals surface area contributed by atoms with Crippen LogP contribution in [0, 0.1) is 0 Å². The average molecular weight is 425 g/mol. The van der Waals surface area contributed by atoms with Gasteiger partial charge in [-0.25, -0.2) is 0 Å². The molecule has 2 aromatic carbocycles. The van der Waals surface area contributed by atoms with Crippen LogP contribution in [0.15, 0.2) is 48.5 Å². The molecule has 0 saturated carbocycles. The Kier molecular flexibility index (Phi) is 13.1. The number of hydrogen-bond donors (Lipinski definition) is 0. The van der Waals surface area contributed by atoms with Crippen molar-refractivity contribution < 1.29 is 9.47 Å². The second-order valence-corrected chi connectivity index (χ2v) is 8.79. The van der Waals surface area contributed by atoms with E-state index in [1.807, 2.05) is 0 Å². The van der Waals surface area contributed by atoms with Gasteiger partial charge < -0.3 is 9.47 Å². The van der Waals surface area contributed by atoms with Crippen LogP contribution in [0.2, 0.25) is 0 Å². The highest BCUT2D eigenvalue weighted by atomic mass is 16.5. The summed E-state index contributed by atoms with van der Waals surface area (Å²) in [7, 11) is 0. The minimum absolute atomic E-state index is 0.125. The van der Waals surface area contributed by atoms with Gasteiger partial charge in [-0.15, -0.1) is 0 Å². The van der Waals surface area contributed by atoms with Crippen LogP contribution in [0.25, 0.3) is 11.1 Å². The van der Waals surface area contributed by atoms with Gasteiger partial charge in [0.05, 0.1) is 6.10 Å². The van der Waals surface area contributed by atoms with Crippen molar-refractivity contribution in [2.24, 2.45) is 0 Å². The Labute approximate surface area is 191 Å². The van der Waals surface area contributed by atoms with Crippen LogP contribution in [0.4, 0.5) is 0 Å². The van der Waals surface area contributed by atoms with Crippen molar-refractivity contribution >= 4 is 0 Å². The van der Waals surface area contributed by atoms with Crippen LogP contribution in [-0.4, -0.2) is 19.3 Å². The van der Waals surface area contributed by atoms with Gasteiger partial charge in [-0.3, -0.25) is 0 Å². The lowest BCUT2D eigenvalue weighted by Crippen LogP contribution is -2.18. The van der Waals surface area contributed by atoms with Crippen LogP contribution >= 0.6 is 0 Å². The van der Waals surface area contributed by atoms with Gasteiger partial charge in [0.2, 0.25) is 0 Å². The molecule has 0 spiro atoms. The van der Waals surface area contributed by atoms with Crippen molar-refractivity contribution in [3.8, 4) is 16.9 Å². The molecule has 0 bridgehead atoms. The summed E-state index contributed by atoms with van der Waals surface area (Å²) in [5.74, 6) is 0.909. The van der Waals surface area contributed by atoms with E-state index in [0.29, 0.717) is 6.61 Å². The molecule has 0 aliphatic rings. The van der Waals surface area contributed by atoms with Gasteiger partial charge in [0, 0.05) is 6.61 Å². The van der Waals surface area contributed by atoms with Crippen LogP contribution in [0.1, 0.15) is 90.5 Å². The molecule has 2 heteroatoms. The third kappa shape index (κ3) is 10.9. The standard InChI is InChI=1S/C29H44O2/c1-4-6-8-10-11-13-23-30-25(3)24-31-29-21-19-28(20-22-29)27-17-15-26(16-18-27)14-12-9-7-5-2/h15-22,25H,4-14,23-24H2,1-3H3. The summed E-state index contributed by atoms with van der Waals surface area (Å²) < 4.78 is 11.8. The van der Waals surface area contributed by atoms with E-state index in [4.69, 9.17) is 9.47 Å². The molecule has 0 heterocycles. The maximum absolute atomic E-state index is 5.93. The first kappa shape index (κ1) is 25.5. The van der Waals surface area contributed by atoms with Gasteiger partial charge in [0.1, 0.15) is 12.4 Å². The molecule has 0 amide bonds. The zero-order valence-electron chi connectivity index (χ0n) is 20.2. The normalized spacial score (nSPS) is 12.1. The predicted octanol–water partition coefficient (Wildman–Crippen LogP) is 8.62. The molecule has 2 nitrogen and oxygen atoms in total. The highest BCUT2D eigenvalue weighted by molar-refractivity contribution is 5.64. The minimum Gasteiger partial charge on any atom is -0.491 e. The fraction of sp³-hybridized carbons (Fsp3) is 0.586. The highest BCUT2D eigenvalue weighted by Gasteiger charge is 2.05. The third-order valence-corrected chi connectivity index (χ3v) is 5.85. The summed E-state index contributed by atoms with van der Waals surface area (Å²) in [5, 5.41) is 0. The number of rotatable bonds is 17. The largest absolute Gasteiger partial charge is 0.491 e. The van der Waals surface area contributed by atoms with E-state index in [2.05, 4.69) is 69.3 Å². The van der Waals surface area contributed by atoms with Crippen molar-refractivity contribution in [2.75, 3.05) is 13.2 Å². The summed E-state index contributed by atoms with van der Waals surface area (Å²) in [5.41, 5.74) is 3.94. The number of hydrogen-bond acceptors (Lipinski definition) is 2. The molecule has 0 aliphatic heterocycles. The summed E-state index contributed by atoms with van der Waals surface area (Å²) >= 11 is 0. The van der Waals surface area contributed by atoms with Gasteiger partial charge in [0.25, 0.3) is 0 Å². The maximum atomic E-state index is 5.93. The zero-order chi connectivity index (χ0) is 22.2. The molecule has 172 valence electrons. The Hall–Kier alpha value is -1.80. The van der Waals surface area contributed by atoms with Crippen molar-refractivity contribution in [1.82, 2.24) is 0 Å². The molecule has 0 aliphatic carbocycles. The molecule has 0 saturated heterocycles. The van der Waals surface area contributed by atoms with Crippen LogP contribution in [-0.2, 0) is 11.2 Å². The van der Waals surface area contributed by atoms with E-state index in [9.17, 15) is 0 Å². The molecule has 31 heavy (non-hydrogen) atoms. The first-order valence-electron chi connectivity index (χ1n) is 12.7. The van der Waals surface area contributed by atoms with E-state index in [-0.39, 0.29) is 6.10 Å². The summed E-state index contributed by atoms with van der Waals surface area (Å²) in [4.78, 5) is 0. The Morgan fingerprint density at radius 3 is 1.84 bits per heavy atom. The van der Waals surface area contributed by atoms with E-state index < -0.39 is 0 Å². The SMILES string of the molecule is CCCCCCCCOC(C)COc1ccc(-c2ccc(CCCCCC)cc2)cc1. The first-order valence-corrected chi connectivity index (χ1v) is 12.7. The molecular weight excluding hydrogens is 380 g/mol. The van der Waals surface area contributed by atoms with Crippen molar-refractivity contribution in [3.63, 3.8) is 0 Å². The summed E-state index contributed by atoms with van der Waals surface area (Å²) in [6, 6.07) is 17.4. The molecular formula is C29H44O2. The predicted molar refractivity (Wildman–Crippen MR) is 134 cm³/mol. The lowest BCUT2D eigenvalue weighted by molar-refractivity contribution is 0.0302. The quantitative estimate of drug-likeness (QED) is 0.237. The Bertz CT molecular complexity index is 675. The van der Waals surface area contributed by atoms with Crippen LogP contribution in [0.3, 0.4) is 0 Å². The minimum atomic E-state index is 0.125. The highest BCUT2D eigenvalue weighted by Crippen LogP contribution is 2.23. The average Bonchev–Trinajstić information content (AvgIpc) is 2.81. The van der Waals surface area contributed by atoms with Crippen LogP contribution in [0.5, 0.6) is 5.75 Å². The fourth-order valence-electron chi connectivity index (χ4n) is 3.79. The van der Waals surface area contributed by atoms with E-state index in [0.717, 1.165) is 18.8 Å². The second kappa shape index (κ2) is 15.9. The maximum Gasteiger partial charge on any atom is 0.119 e. The molecule has 0 N–H and O–H groups in total. The third-order valence-electron chi connectivity index (χ3n) is 5.85. The molecule has 2 rings (SSSR count). The lowest BCUT2D eigenvalue weighted by Gasteiger charge is -2.14.